The number of hydrogen-bond donors (Lipinski definition) is 1. The summed E-state index contributed by atoms with van der Waals surface area (Å²) in [6, 6.07) is 16.7. The number of rotatable bonds is 5. The first-order valence-electron chi connectivity index (χ1n) is 10.8. The van der Waals surface area contributed by atoms with E-state index in [0.717, 1.165) is 18.8 Å². The number of aromatic nitrogens is 2. The first-order chi connectivity index (χ1) is 16.4. The normalized spacial score (nSPS) is 14.0. The number of morpholine rings is 1. The van der Waals surface area contributed by atoms with Gasteiger partial charge in [0.15, 0.2) is 5.82 Å². The van der Waals surface area contributed by atoms with Crippen LogP contribution in [0.1, 0.15) is 15.9 Å². The second-order valence-electron chi connectivity index (χ2n) is 8.05. The van der Waals surface area contributed by atoms with Crippen molar-refractivity contribution in [3.05, 3.63) is 93.1 Å². The summed E-state index contributed by atoms with van der Waals surface area (Å²) in [4.78, 5) is 26.8. The van der Waals surface area contributed by atoms with Crippen LogP contribution < -0.4 is 10.6 Å². The molecule has 1 fully saturated rings. The van der Waals surface area contributed by atoms with Crippen molar-refractivity contribution in [3.8, 4) is 5.69 Å². The van der Waals surface area contributed by atoms with Gasteiger partial charge < -0.3 is 14.7 Å². The molecule has 1 aromatic heterocycles. The zero-order valence-electron chi connectivity index (χ0n) is 18.1. The molecular weight excluding hydrogens is 461 g/mol. The number of ether oxygens (including phenoxy) is 1. The lowest BCUT2D eigenvalue weighted by molar-refractivity contribution is 0.0697. The van der Waals surface area contributed by atoms with Crippen LogP contribution in [0.3, 0.4) is 0 Å². The highest BCUT2D eigenvalue weighted by Gasteiger charge is 2.21. The molecule has 3 aromatic carbocycles. The van der Waals surface area contributed by atoms with Crippen molar-refractivity contribution in [2.75, 3.05) is 31.2 Å². The zero-order valence-corrected chi connectivity index (χ0v) is 18.8. The standard InChI is InChI=1S/C25H21ClFN3O4/c26-20-9-10-21-23(22(20)27)30(19-7-5-18(6-8-19)28-11-13-34-14-12-28)25(33)29(21)15-16-1-3-17(4-2-16)24(31)32/h1-10H,11-15H2,(H,31,32). The molecule has 174 valence electrons. The van der Waals surface area contributed by atoms with Gasteiger partial charge in [0.05, 0.1) is 41.5 Å². The van der Waals surface area contributed by atoms with E-state index in [0.29, 0.717) is 30.0 Å². The van der Waals surface area contributed by atoms with Gasteiger partial charge in [-0.1, -0.05) is 23.7 Å². The van der Waals surface area contributed by atoms with Gasteiger partial charge in [-0.25, -0.2) is 14.0 Å². The molecule has 5 rings (SSSR count). The van der Waals surface area contributed by atoms with Crippen LogP contribution in [0.4, 0.5) is 10.1 Å². The Morgan fingerprint density at radius 3 is 2.26 bits per heavy atom. The molecule has 2 heterocycles. The van der Waals surface area contributed by atoms with Gasteiger partial charge in [-0.05, 0) is 54.1 Å². The minimum Gasteiger partial charge on any atom is -0.478 e. The molecule has 0 aliphatic carbocycles. The molecule has 1 aliphatic rings. The van der Waals surface area contributed by atoms with Crippen LogP contribution in [-0.2, 0) is 11.3 Å². The number of imidazole rings is 1. The van der Waals surface area contributed by atoms with E-state index < -0.39 is 17.5 Å². The first-order valence-corrected chi connectivity index (χ1v) is 11.2. The highest BCUT2D eigenvalue weighted by molar-refractivity contribution is 6.31. The maximum atomic E-state index is 15.2. The van der Waals surface area contributed by atoms with Crippen LogP contribution >= 0.6 is 11.6 Å². The molecular formula is C25H21ClFN3O4. The lowest BCUT2D eigenvalue weighted by atomic mass is 10.1. The monoisotopic (exact) mass is 481 g/mol. The summed E-state index contributed by atoms with van der Waals surface area (Å²) in [5.41, 5.74) is 2.46. The summed E-state index contributed by atoms with van der Waals surface area (Å²) in [6.45, 7) is 3.03. The molecule has 0 saturated carbocycles. The average molecular weight is 482 g/mol. The van der Waals surface area contributed by atoms with Gasteiger partial charge in [-0.3, -0.25) is 9.13 Å². The summed E-state index contributed by atoms with van der Waals surface area (Å²) in [5, 5.41) is 9.04. The van der Waals surface area contributed by atoms with E-state index in [-0.39, 0.29) is 22.6 Å². The minimum absolute atomic E-state index is 0.0749. The van der Waals surface area contributed by atoms with E-state index in [4.69, 9.17) is 21.4 Å². The van der Waals surface area contributed by atoms with Crippen LogP contribution in [0, 0.1) is 5.82 Å². The zero-order chi connectivity index (χ0) is 23.8. The van der Waals surface area contributed by atoms with Gasteiger partial charge in [0.1, 0.15) is 5.52 Å². The Balaban J connectivity index is 1.59. The fourth-order valence-electron chi connectivity index (χ4n) is 4.24. The summed E-state index contributed by atoms with van der Waals surface area (Å²) >= 11 is 6.07. The van der Waals surface area contributed by atoms with Crippen molar-refractivity contribution in [1.29, 1.82) is 0 Å². The van der Waals surface area contributed by atoms with E-state index in [2.05, 4.69) is 4.90 Å². The summed E-state index contributed by atoms with van der Waals surface area (Å²) in [5.74, 6) is -1.70. The van der Waals surface area contributed by atoms with Crippen LogP contribution in [0.15, 0.2) is 65.5 Å². The molecule has 0 unspecified atom stereocenters. The quantitative estimate of drug-likeness (QED) is 0.463. The predicted molar refractivity (Wildman–Crippen MR) is 128 cm³/mol. The summed E-state index contributed by atoms with van der Waals surface area (Å²) < 4.78 is 23.4. The molecule has 0 bridgehead atoms. The maximum Gasteiger partial charge on any atom is 0.335 e. The van der Waals surface area contributed by atoms with Gasteiger partial charge in [-0.15, -0.1) is 0 Å². The molecule has 4 aromatic rings. The Morgan fingerprint density at radius 1 is 0.971 bits per heavy atom. The Kier molecular flexibility index (Phi) is 5.85. The van der Waals surface area contributed by atoms with Crippen molar-refractivity contribution in [3.63, 3.8) is 0 Å². The largest absolute Gasteiger partial charge is 0.478 e. The van der Waals surface area contributed by atoms with Crippen molar-refractivity contribution in [1.82, 2.24) is 9.13 Å². The Morgan fingerprint density at radius 2 is 1.62 bits per heavy atom. The van der Waals surface area contributed by atoms with Crippen molar-refractivity contribution in [2.45, 2.75) is 6.54 Å². The number of carbonyl (C=O) groups is 1. The molecule has 0 radical (unpaired) electrons. The third-order valence-electron chi connectivity index (χ3n) is 6.01. The Labute approximate surface area is 199 Å². The smallest absolute Gasteiger partial charge is 0.335 e. The molecule has 1 aliphatic heterocycles. The van der Waals surface area contributed by atoms with Crippen LogP contribution in [0.2, 0.25) is 5.02 Å². The maximum absolute atomic E-state index is 15.2. The Bertz CT molecular complexity index is 1420. The summed E-state index contributed by atoms with van der Waals surface area (Å²) in [6.07, 6.45) is 0. The van der Waals surface area contributed by atoms with Crippen molar-refractivity contribution >= 4 is 34.3 Å². The molecule has 34 heavy (non-hydrogen) atoms. The molecule has 1 N–H and O–H groups in total. The molecule has 0 amide bonds. The number of benzene rings is 3. The lowest BCUT2D eigenvalue weighted by Crippen LogP contribution is -2.36. The number of carboxylic acids is 1. The molecule has 1 saturated heterocycles. The van der Waals surface area contributed by atoms with Gasteiger partial charge >= 0.3 is 11.7 Å². The fraction of sp³-hybridized carbons (Fsp3) is 0.200. The lowest BCUT2D eigenvalue weighted by Gasteiger charge is -2.28. The minimum atomic E-state index is -1.03. The van der Waals surface area contributed by atoms with Gasteiger partial charge in [0.2, 0.25) is 0 Å². The Hall–Kier alpha value is -3.62. The third-order valence-corrected chi connectivity index (χ3v) is 6.30. The molecule has 0 spiro atoms. The summed E-state index contributed by atoms with van der Waals surface area (Å²) in [7, 11) is 0. The highest BCUT2D eigenvalue weighted by Crippen LogP contribution is 2.28. The number of anilines is 1. The van der Waals surface area contributed by atoms with Gasteiger partial charge in [0, 0.05) is 18.8 Å². The average Bonchev–Trinajstić information content (AvgIpc) is 3.14. The van der Waals surface area contributed by atoms with E-state index in [1.165, 1.54) is 27.3 Å². The fourth-order valence-corrected chi connectivity index (χ4v) is 4.39. The molecule has 9 heteroatoms. The van der Waals surface area contributed by atoms with Gasteiger partial charge in [0.25, 0.3) is 0 Å². The SMILES string of the molecule is O=C(O)c1ccc(Cn2c(=O)n(-c3ccc(N4CCOCC4)cc3)c3c(F)c(Cl)ccc32)cc1. The van der Waals surface area contributed by atoms with E-state index in [1.807, 2.05) is 12.1 Å². The van der Waals surface area contributed by atoms with Crippen molar-refractivity contribution < 1.29 is 19.0 Å². The number of nitrogens with zero attached hydrogens (tertiary/aromatic N) is 3. The number of aromatic carboxylic acids is 1. The topological polar surface area (TPSA) is 76.7 Å². The number of halogens is 2. The van der Waals surface area contributed by atoms with E-state index in [9.17, 15) is 9.59 Å². The van der Waals surface area contributed by atoms with Crippen molar-refractivity contribution in [2.24, 2.45) is 0 Å². The predicted octanol–water partition coefficient (Wildman–Crippen LogP) is 4.17. The molecule has 0 atom stereocenters. The number of fused-ring (bicyclic) bond motifs is 1. The third kappa shape index (κ3) is 3.95. The van der Waals surface area contributed by atoms with E-state index in [1.54, 1.807) is 30.3 Å². The van der Waals surface area contributed by atoms with Crippen LogP contribution in [0.25, 0.3) is 16.7 Å². The highest BCUT2D eigenvalue weighted by atomic mass is 35.5. The first kappa shape index (κ1) is 22.2. The number of carboxylic acid groups (broad SMARTS) is 1. The van der Waals surface area contributed by atoms with E-state index >= 15 is 4.39 Å². The number of hydrogen-bond acceptors (Lipinski definition) is 4. The molecule has 7 nitrogen and oxygen atoms in total. The van der Waals surface area contributed by atoms with Gasteiger partial charge in [-0.2, -0.15) is 0 Å². The van der Waals surface area contributed by atoms with Crippen LogP contribution in [0.5, 0.6) is 0 Å². The second-order valence-corrected chi connectivity index (χ2v) is 8.46. The second kappa shape index (κ2) is 8.96. The van der Waals surface area contributed by atoms with Crippen LogP contribution in [-0.4, -0.2) is 46.5 Å².